The maximum absolute atomic E-state index is 12.8. The van der Waals surface area contributed by atoms with Crippen LogP contribution in [-0.2, 0) is 14.3 Å². The Kier molecular flexibility index (Phi) is 7.90. The molecule has 1 aromatic heterocycles. The van der Waals surface area contributed by atoms with Gasteiger partial charge in [0, 0.05) is 12.6 Å². The molecule has 1 aromatic carbocycles. The van der Waals surface area contributed by atoms with Crippen molar-refractivity contribution in [1.29, 1.82) is 0 Å². The van der Waals surface area contributed by atoms with E-state index in [1.807, 2.05) is 49.9 Å². The molecule has 2 aliphatic rings. The Morgan fingerprint density at radius 1 is 1.23 bits per heavy atom. The highest BCUT2D eigenvalue weighted by molar-refractivity contribution is 5.85. The number of carbonyl (C=O) groups excluding carboxylic acids is 2. The number of benzene rings is 1. The van der Waals surface area contributed by atoms with E-state index in [1.54, 1.807) is 0 Å². The number of piperidine rings is 2. The van der Waals surface area contributed by atoms with Crippen molar-refractivity contribution in [2.45, 2.75) is 70.6 Å². The van der Waals surface area contributed by atoms with Crippen molar-refractivity contribution in [1.82, 2.24) is 15.6 Å². The maximum Gasteiger partial charge on any atom is 0.299 e. The second-order valence-electron chi connectivity index (χ2n) is 9.03. The van der Waals surface area contributed by atoms with Gasteiger partial charge in [-0.25, -0.2) is 0 Å². The Balaban J connectivity index is 0.000000339. The molecule has 8 heteroatoms. The molecular weight excluding hydrogens is 396 g/mol. The standard InChI is InChI=1S/C18H24N4O2.C5H10O2/c23-17(20-13-8-10-19-11-9-13)15-6-3-4-12-22(15)18-21-14-5-1-2-7-16(14)24-18;1-5(2,3)7-4-6/h1-2,5,7,13,15,19H,3-4,6,8-12H2,(H,20,23);4H,1-3H3/t15-;/m0./s1. The highest BCUT2D eigenvalue weighted by Gasteiger charge is 2.33. The molecule has 1 atom stereocenters. The SMILES string of the molecule is CC(C)(C)OC=O.O=C(NC1CCNCC1)[C@@H]1CCCCN1c1nc2ccccc2o1. The Hall–Kier alpha value is -2.61. The third-order valence-corrected chi connectivity index (χ3v) is 5.42. The fourth-order valence-corrected chi connectivity index (χ4v) is 3.82. The van der Waals surface area contributed by atoms with E-state index in [9.17, 15) is 9.59 Å². The summed E-state index contributed by atoms with van der Waals surface area (Å²) < 4.78 is 10.5. The van der Waals surface area contributed by atoms with Gasteiger partial charge in [-0.2, -0.15) is 4.98 Å². The van der Waals surface area contributed by atoms with Crippen molar-refractivity contribution in [3.8, 4) is 0 Å². The molecule has 3 heterocycles. The van der Waals surface area contributed by atoms with Gasteiger partial charge in [0.25, 0.3) is 12.5 Å². The monoisotopic (exact) mass is 430 g/mol. The second kappa shape index (κ2) is 10.6. The van der Waals surface area contributed by atoms with Crippen LogP contribution in [0, 0.1) is 0 Å². The topological polar surface area (TPSA) is 96.7 Å². The van der Waals surface area contributed by atoms with E-state index in [0.29, 0.717) is 12.5 Å². The van der Waals surface area contributed by atoms with Crippen LogP contribution in [0.2, 0.25) is 0 Å². The number of carbonyl (C=O) groups is 2. The number of aromatic nitrogens is 1. The van der Waals surface area contributed by atoms with Crippen LogP contribution in [0.4, 0.5) is 6.01 Å². The summed E-state index contributed by atoms with van der Waals surface area (Å²) in [5.41, 5.74) is 1.30. The number of nitrogens with one attached hydrogen (secondary N) is 2. The highest BCUT2D eigenvalue weighted by Crippen LogP contribution is 2.28. The van der Waals surface area contributed by atoms with E-state index >= 15 is 0 Å². The molecular formula is C23H34N4O4. The molecule has 0 unspecified atom stereocenters. The molecule has 2 aromatic rings. The molecule has 8 nitrogen and oxygen atoms in total. The van der Waals surface area contributed by atoms with Crippen LogP contribution in [-0.4, -0.2) is 54.7 Å². The van der Waals surface area contributed by atoms with Gasteiger partial charge in [0.2, 0.25) is 5.91 Å². The highest BCUT2D eigenvalue weighted by atomic mass is 16.5. The number of para-hydroxylation sites is 2. The molecule has 2 saturated heterocycles. The van der Waals surface area contributed by atoms with Crippen molar-refractivity contribution < 1.29 is 18.7 Å². The zero-order chi connectivity index (χ0) is 22.3. The largest absolute Gasteiger partial charge is 0.462 e. The minimum absolute atomic E-state index is 0.115. The Morgan fingerprint density at radius 2 is 1.97 bits per heavy atom. The van der Waals surface area contributed by atoms with Crippen molar-refractivity contribution in [2.24, 2.45) is 0 Å². The molecule has 0 saturated carbocycles. The van der Waals surface area contributed by atoms with Gasteiger partial charge in [0.05, 0.1) is 0 Å². The summed E-state index contributed by atoms with van der Waals surface area (Å²) >= 11 is 0. The van der Waals surface area contributed by atoms with E-state index in [2.05, 4.69) is 20.4 Å². The number of amides is 1. The smallest absolute Gasteiger partial charge is 0.299 e. The fourth-order valence-electron chi connectivity index (χ4n) is 3.82. The lowest BCUT2D eigenvalue weighted by molar-refractivity contribution is -0.138. The molecule has 0 bridgehead atoms. The van der Waals surface area contributed by atoms with E-state index in [4.69, 9.17) is 4.42 Å². The molecule has 0 spiro atoms. The number of ether oxygens (including phenoxy) is 1. The van der Waals surface area contributed by atoms with Crippen LogP contribution in [0.25, 0.3) is 11.1 Å². The summed E-state index contributed by atoms with van der Waals surface area (Å²) in [5, 5.41) is 6.56. The molecule has 0 radical (unpaired) electrons. The van der Waals surface area contributed by atoms with Gasteiger partial charge in [-0.3, -0.25) is 9.59 Å². The summed E-state index contributed by atoms with van der Waals surface area (Å²) in [6.45, 7) is 8.69. The lowest BCUT2D eigenvalue weighted by Gasteiger charge is -2.35. The number of hydrogen-bond acceptors (Lipinski definition) is 7. The summed E-state index contributed by atoms with van der Waals surface area (Å²) in [4.78, 5) is 29.0. The first-order valence-electron chi connectivity index (χ1n) is 11.1. The van der Waals surface area contributed by atoms with E-state index < -0.39 is 0 Å². The minimum atomic E-state index is -0.318. The van der Waals surface area contributed by atoms with Gasteiger partial charge in [-0.05, 0) is 78.1 Å². The molecule has 2 aliphatic heterocycles. The molecule has 31 heavy (non-hydrogen) atoms. The normalized spacial score (nSPS) is 20.0. The third-order valence-electron chi connectivity index (χ3n) is 5.42. The lowest BCUT2D eigenvalue weighted by atomic mass is 10.0. The Bertz CT molecular complexity index is 822. The van der Waals surface area contributed by atoms with Crippen molar-refractivity contribution in [2.75, 3.05) is 24.5 Å². The first-order chi connectivity index (χ1) is 14.9. The van der Waals surface area contributed by atoms with E-state index in [0.717, 1.165) is 62.8 Å². The predicted octanol–water partition coefficient (Wildman–Crippen LogP) is 3.01. The van der Waals surface area contributed by atoms with Gasteiger partial charge in [-0.1, -0.05) is 12.1 Å². The fraction of sp³-hybridized carbons (Fsp3) is 0.609. The molecule has 2 N–H and O–H groups in total. The van der Waals surface area contributed by atoms with Crippen molar-refractivity contribution in [3.05, 3.63) is 24.3 Å². The van der Waals surface area contributed by atoms with Gasteiger partial charge < -0.3 is 24.7 Å². The molecule has 4 rings (SSSR count). The molecule has 1 amide bonds. The van der Waals surface area contributed by atoms with Crippen LogP contribution in [0.3, 0.4) is 0 Å². The lowest BCUT2D eigenvalue weighted by Crippen LogP contribution is -2.53. The molecule has 170 valence electrons. The summed E-state index contributed by atoms with van der Waals surface area (Å²) in [6, 6.07) is 8.42. The zero-order valence-electron chi connectivity index (χ0n) is 18.7. The van der Waals surface area contributed by atoms with Crippen LogP contribution < -0.4 is 15.5 Å². The van der Waals surface area contributed by atoms with Crippen LogP contribution in [0.5, 0.6) is 0 Å². The zero-order valence-corrected chi connectivity index (χ0v) is 18.7. The number of anilines is 1. The van der Waals surface area contributed by atoms with Crippen molar-refractivity contribution in [3.63, 3.8) is 0 Å². The third kappa shape index (κ3) is 6.69. The summed E-state index contributed by atoms with van der Waals surface area (Å²) in [6.07, 6.45) is 5.00. The first-order valence-corrected chi connectivity index (χ1v) is 11.1. The van der Waals surface area contributed by atoms with Gasteiger partial charge in [0.1, 0.15) is 17.2 Å². The number of rotatable bonds is 4. The number of hydrogen-bond donors (Lipinski definition) is 2. The molecule has 2 fully saturated rings. The number of nitrogens with zero attached hydrogens (tertiary/aromatic N) is 2. The van der Waals surface area contributed by atoms with Gasteiger partial charge >= 0.3 is 0 Å². The first kappa shape index (κ1) is 23.1. The van der Waals surface area contributed by atoms with E-state index in [-0.39, 0.29) is 23.6 Å². The quantitative estimate of drug-likeness (QED) is 0.720. The number of oxazole rings is 1. The minimum Gasteiger partial charge on any atom is -0.462 e. The maximum atomic E-state index is 12.8. The Labute approximate surface area is 183 Å². The summed E-state index contributed by atoms with van der Waals surface area (Å²) in [5.74, 6) is 0.115. The second-order valence-corrected chi connectivity index (χ2v) is 9.03. The summed E-state index contributed by atoms with van der Waals surface area (Å²) in [7, 11) is 0. The van der Waals surface area contributed by atoms with Gasteiger partial charge in [0.15, 0.2) is 5.58 Å². The Morgan fingerprint density at radius 3 is 2.61 bits per heavy atom. The number of fused-ring (bicyclic) bond motifs is 1. The van der Waals surface area contributed by atoms with Gasteiger partial charge in [-0.15, -0.1) is 0 Å². The average Bonchev–Trinajstić information content (AvgIpc) is 3.18. The van der Waals surface area contributed by atoms with Crippen molar-refractivity contribution >= 4 is 29.5 Å². The molecule has 0 aliphatic carbocycles. The van der Waals surface area contributed by atoms with Crippen LogP contribution in [0.15, 0.2) is 28.7 Å². The van der Waals surface area contributed by atoms with Crippen LogP contribution >= 0.6 is 0 Å². The van der Waals surface area contributed by atoms with Crippen LogP contribution in [0.1, 0.15) is 52.9 Å². The average molecular weight is 431 g/mol. The predicted molar refractivity (Wildman–Crippen MR) is 120 cm³/mol. The van der Waals surface area contributed by atoms with E-state index in [1.165, 1.54) is 0 Å².